The number of carbonyl (C=O) groups excluding carboxylic acids is 1. The molecule has 0 saturated carbocycles. The lowest BCUT2D eigenvalue weighted by molar-refractivity contribution is 0.0184. The van der Waals surface area contributed by atoms with Crippen molar-refractivity contribution in [2.75, 3.05) is 13.1 Å². The number of nitrogens with zero attached hydrogens (tertiary/aromatic N) is 2. The lowest BCUT2D eigenvalue weighted by atomic mass is 10.2. The molecule has 1 aliphatic rings. The van der Waals surface area contributed by atoms with Crippen molar-refractivity contribution in [1.82, 2.24) is 9.88 Å². The van der Waals surface area contributed by atoms with Crippen molar-refractivity contribution >= 4 is 6.09 Å². The molecule has 1 aromatic rings. The van der Waals surface area contributed by atoms with Crippen molar-refractivity contribution in [3.8, 4) is 0 Å². The Labute approximate surface area is 132 Å². The van der Waals surface area contributed by atoms with Gasteiger partial charge >= 0.3 is 6.09 Å². The SMILES string of the molecule is Cc1cc(CO[C@@H]2CCN(C(=O)OC(C)(C)C)C2)cc(C)n1. The van der Waals surface area contributed by atoms with E-state index in [1.54, 1.807) is 4.90 Å². The van der Waals surface area contributed by atoms with Crippen molar-refractivity contribution < 1.29 is 14.3 Å². The first-order valence-electron chi connectivity index (χ1n) is 7.76. The highest BCUT2D eigenvalue weighted by atomic mass is 16.6. The van der Waals surface area contributed by atoms with Crippen LogP contribution in [0.25, 0.3) is 0 Å². The molecule has 0 radical (unpaired) electrons. The molecule has 2 heterocycles. The second kappa shape index (κ2) is 6.65. The van der Waals surface area contributed by atoms with Crippen LogP contribution < -0.4 is 0 Å². The molecule has 0 N–H and O–H groups in total. The van der Waals surface area contributed by atoms with Gasteiger partial charge in [-0.25, -0.2) is 4.79 Å². The van der Waals surface area contributed by atoms with Crippen LogP contribution in [-0.4, -0.2) is 40.8 Å². The Kier molecular flexibility index (Phi) is 5.06. The summed E-state index contributed by atoms with van der Waals surface area (Å²) in [5.41, 5.74) is 2.67. The normalized spacial score (nSPS) is 18.6. The molecular weight excluding hydrogens is 280 g/mol. The number of aryl methyl sites for hydroxylation is 2. The fourth-order valence-electron chi connectivity index (χ4n) is 2.57. The quantitative estimate of drug-likeness (QED) is 0.860. The highest BCUT2D eigenvalue weighted by Gasteiger charge is 2.30. The summed E-state index contributed by atoms with van der Waals surface area (Å²) in [5.74, 6) is 0. The van der Waals surface area contributed by atoms with E-state index in [0.717, 1.165) is 23.4 Å². The van der Waals surface area contributed by atoms with Crippen LogP contribution in [0, 0.1) is 13.8 Å². The molecule has 5 heteroatoms. The average molecular weight is 306 g/mol. The van der Waals surface area contributed by atoms with E-state index >= 15 is 0 Å². The van der Waals surface area contributed by atoms with Crippen LogP contribution in [0.1, 0.15) is 44.1 Å². The minimum Gasteiger partial charge on any atom is -0.444 e. The van der Waals surface area contributed by atoms with Crippen LogP contribution in [0.3, 0.4) is 0 Å². The zero-order chi connectivity index (χ0) is 16.3. The predicted octanol–water partition coefficient (Wildman–Crippen LogP) is 3.22. The van der Waals surface area contributed by atoms with Crippen LogP contribution in [0.5, 0.6) is 0 Å². The Balaban J connectivity index is 1.82. The summed E-state index contributed by atoms with van der Waals surface area (Å²) in [6.45, 7) is 11.4. The second-order valence-electron chi connectivity index (χ2n) is 6.91. The summed E-state index contributed by atoms with van der Waals surface area (Å²) in [7, 11) is 0. The van der Waals surface area contributed by atoms with E-state index in [-0.39, 0.29) is 12.2 Å². The van der Waals surface area contributed by atoms with E-state index in [4.69, 9.17) is 9.47 Å². The van der Waals surface area contributed by atoms with Gasteiger partial charge in [-0.15, -0.1) is 0 Å². The molecule has 22 heavy (non-hydrogen) atoms. The summed E-state index contributed by atoms with van der Waals surface area (Å²) in [6.07, 6.45) is 0.665. The maximum Gasteiger partial charge on any atom is 0.410 e. The topological polar surface area (TPSA) is 51.7 Å². The molecule has 1 fully saturated rings. The number of aromatic nitrogens is 1. The number of pyridine rings is 1. The molecule has 122 valence electrons. The van der Waals surface area contributed by atoms with Gasteiger partial charge in [0.15, 0.2) is 0 Å². The van der Waals surface area contributed by atoms with Gasteiger partial charge in [0, 0.05) is 17.9 Å². The highest BCUT2D eigenvalue weighted by Crippen LogP contribution is 2.18. The third kappa shape index (κ3) is 4.98. The zero-order valence-corrected chi connectivity index (χ0v) is 14.2. The van der Waals surface area contributed by atoms with E-state index in [1.807, 2.05) is 46.8 Å². The van der Waals surface area contributed by atoms with E-state index in [2.05, 4.69) is 4.98 Å². The molecule has 1 aromatic heterocycles. The first-order chi connectivity index (χ1) is 10.2. The smallest absolute Gasteiger partial charge is 0.410 e. The molecule has 1 aliphatic heterocycles. The minimum absolute atomic E-state index is 0.0706. The summed E-state index contributed by atoms with van der Waals surface area (Å²) >= 11 is 0. The summed E-state index contributed by atoms with van der Waals surface area (Å²) in [4.78, 5) is 18.1. The monoisotopic (exact) mass is 306 g/mol. The standard InChI is InChI=1S/C17H26N2O3/c1-12-8-14(9-13(2)18-12)11-21-15-6-7-19(10-15)16(20)22-17(3,4)5/h8-9,15H,6-7,10-11H2,1-5H3/t15-/m1/s1. The maximum absolute atomic E-state index is 12.0. The number of rotatable bonds is 3. The van der Waals surface area contributed by atoms with Crippen LogP contribution in [0.4, 0.5) is 4.79 Å². The van der Waals surface area contributed by atoms with Crippen LogP contribution >= 0.6 is 0 Å². The van der Waals surface area contributed by atoms with Crippen LogP contribution in [0.15, 0.2) is 12.1 Å². The molecular formula is C17H26N2O3. The Morgan fingerprint density at radius 1 is 1.32 bits per heavy atom. The lowest BCUT2D eigenvalue weighted by Gasteiger charge is -2.24. The van der Waals surface area contributed by atoms with Gasteiger partial charge in [-0.1, -0.05) is 0 Å². The first-order valence-corrected chi connectivity index (χ1v) is 7.76. The van der Waals surface area contributed by atoms with E-state index in [9.17, 15) is 4.79 Å². The Hall–Kier alpha value is -1.62. The van der Waals surface area contributed by atoms with Gasteiger partial charge in [0.05, 0.1) is 19.3 Å². The van der Waals surface area contributed by atoms with Gasteiger partial charge in [-0.05, 0) is 58.7 Å². The van der Waals surface area contributed by atoms with E-state index in [0.29, 0.717) is 19.7 Å². The maximum atomic E-state index is 12.0. The molecule has 0 spiro atoms. The third-order valence-electron chi connectivity index (χ3n) is 3.42. The van der Waals surface area contributed by atoms with E-state index in [1.165, 1.54) is 0 Å². The van der Waals surface area contributed by atoms with Gasteiger partial charge in [-0.3, -0.25) is 4.98 Å². The molecule has 0 unspecified atom stereocenters. The fourth-order valence-corrected chi connectivity index (χ4v) is 2.57. The second-order valence-corrected chi connectivity index (χ2v) is 6.91. The zero-order valence-electron chi connectivity index (χ0n) is 14.2. The number of likely N-dealkylation sites (tertiary alicyclic amines) is 1. The fraction of sp³-hybridized carbons (Fsp3) is 0.647. The molecule has 1 amide bonds. The number of carbonyl (C=O) groups is 1. The van der Waals surface area contributed by atoms with Crippen LogP contribution in [-0.2, 0) is 16.1 Å². The molecule has 0 aliphatic carbocycles. The Bertz CT molecular complexity index is 517. The van der Waals surface area contributed by atoms with Crippen molar-refractivity contribution in [2.24, 2.45) is 0 Å². The van der Waals surface area contributed by atoms with Gasteiger partial charge < -0.3 is 14.4 Å². The van der Waals surface area contributed by atoms with Gasteiger partial charge in [0.2, 0.25) is 0 Å². The molecule has 2 rings (SSSR count). The average Bonchev–Trinajstić information content (AvgIpc) is 2.82. The number of hydrogen-bond acceptors (Lipinski definition) is 4. The molecule has 5 nitrogen and oxygen atoms in total. The van der Waals surface area contributed by atoms with Gasteiger partial charge in [-0.2, -0.15) is 0 Å². The number of amides is 1. The van der Waals surface area contributed by atoms with Crippen LogP contribution in [0.2, 0.25) is 0 Å². The molecule has 0 aromatic carbocycles. The number of ether oxygens (including phenoxy) is 2. The Morgan fingerprint density at radius 2 is 1.95 bits per heavy atom. The molecule has 1 atom stereocenters. The lowest BCUT2D eigenvalue weighted by Crippen LogP contribution is -2.36. The van der Waals surface area contributed by atoms with Gasteiger partial charge in [0.1, 0.15) is 5.60 Å². The summed E-state index contributed by atoms with van der Waals surface area (Å²) in [6, 6.07) is 4.07. The minimum atomic E-state index is -0.456. The van der Waals surface area contributed by atoms with Crippen molar-refractivity contribution in [1.29, 1.82) is 0 Å². The first kappa shape index (κ1) is 16.7. The predicted molar refractivity (Wildman–Crippen MR) is 84.7 cm³/mol. The largest absolute Gasteiger partial charge is 0.444 e. The number of hydrogen-bond donors (Lipinski definition) is 0. The summed E-state index contributed by atoms with van der Waals surface area (Å²) in [5, 5.41) is 0. The third-order valence-corrected chi connectivity index (χ3v) is 3.42. The molecule has 1 saturated heterocycles. The van der Waals surface area contributed by atoms with Crippen molar-refractivity contribution in [3.05, 3.63) is 29.1 Å². The highest BCUT2D eigenvalue weighted by molar-refractivity contribution is 5.68. The van der Waals surface area contributed by atoms with Crippen molar-refractivity contribution in [3.63, 3.8) is 0 Å². The van der Waals surface area contributed by atoms with Gasteiger partial charge in [0.25, 0.3) is 0 Å². The van der Waals surface area contributed by atoms with Crippen molar-refractivity contribution in [2.45, 2.75) is 59.4 Å². The Morgan fingerprint density at radius 3 is 2.55 bits per heavy atom. The summed E-state index contributed by atoms with van der Waals surface area (Å²) < 4.78 is 11.3. The molecule has 0 bridgehead atoms. The van der Waals surface area contributed by atoms with E-state index < -0.39 is 5.60 Å².